The molecule has 0 bridgehead atoms. The first-order chi connectivity index (χ1) is 15.3. The van der Waals surface area contributed by atoms with Crippen LogP contribution >= 0.6 is 11.3 Å². The molecule has 0 saturated heterocycles. The Kier molecular flexibility index (Phi) is 6.40. The molecule has 0 spiro atoms. The fourth-order valence-corrected chi connectivity index (χ4v) is 7.30. The summed E-state index contributed by atoms with van der Waals surface area (Å²) in [5, 5.41) is 3.23. The molecule has 0 aliphatic heterocycles. The molecule has 32 heavy (non-hydrogen) atoms. The molecule has 3 aromatic rings. The van der Waals surface area contributed by atoms with Crippen LogP contribution in [-0.4, -0.2) is 20.9 Å². The summed E-state index contributed by atoms with van der Waals surface area (Å²) >= 11 is 1.38. The zero-order valence-corrected chi connectivity index (χ0v) is 20.2. The first kappa shape index (κ1) is 22.6. The number of anilines is 1. The first-order valence-electron chi connectivity index (χ1n) is 10.7. The van der Waals surface area contributed by atoms with E-state index in [1.165, 1.54) is 11.3 Å². The molecule has 0 fully saturated rings. The quantitative estimate of drug-likeness (QED) is 0.524. The molecule has 0 atom stereocenters. The minimum Gasteiger partial charge on any atom is -0.483 e. The second-order valence-electron chi connectivity index (χ2n) is 8.29. The van der Waals surface area contributed by atoms with Gasteiger partial charge in [-0.2, -0.15) is 0 Å². The maximum atomic E-state index is 13.6. The number of nitrogens with one attached hydrogen (secondary N) is 1. The summed E-state index contributed by atoms with van der Waals surface area (Å²) in [5.74, 6) is 0.271. The van der Waals surface area contributed by atoms with Gasteiger partial charge < -0.3 is 10.1 Å². The van der Waals surface area contributed by atoms with Crippen molar-refractivity contribution in [1.29, 1.82) is 0 Å². The van der Waals surface area contributed by atoms with Crippen molar-refractivity contribution in [2.45, 2.75) is 56.2 Å². The van der Waals surface area contributed by atoms with Gasteiger partial charge in [-0.25, -0.2) is 8.42 Å². The van der Waals surface area contributed by atoms with E-state index in [0.717, 1.165) is 46.4 Å². The Morgan fingerprint density at radius 1 is 1.00 bits per heavy atom. The molecule has 0 unspecified atom stereocenters. The van der Waals surface area contributed by atoms with Crippen molar-refractivity contribution in [3.63, 3.8) is 0 Å². The predicted octanol–water partition coefficient (Wildman–Crippen LogP) is 5.40. The van der Waals surface area contributed by atoms with Gasteiger partial charge in [-0.3, -0.25) is 4.79 Å². The van der Waals surface area contributed by atoms with E-state index in [0.29, 0.717) is 17.2 Å². The average Bonchev–Trinajstić information content (AvgIpc) is 3.12. The van der Waals surface area contributed by atoms with E-state index in [-0.39, 0.29) is 22.3 Å². The number of hydrogen-bond donors (Lipinski definition) is 1. The summed E-state index contributed by atoms with van der Waals surface area (Å²) in [5.41, 5.74) is 3.92. The Bertz CT molecular complexity index is 1260. The van der Waals surface area contributed by atoms with Crippen LogP contribution < -0.4 is 10.1 Å². The topological polar surface area (TPSA) is 72.5 Å². The third-order valence-corrected chi connectivity index (χ3v) is 8.88. The highest BCUT2D eigenvalue weighted by Gasteiger charge is 2.31. The van der Waals surface area contributed by atoms with Crippen LogP contribution in [0.2, 0.25) is 0 Å². The zero-order chi connectivity index (χ0) is 22.9. The third-order valence-electron chi connectivity index (χ3n) is 5.66. The van der Waals surface area contributed by atoms with Gasteiger partial charge in [-0.15, -0.1) is 11.3 Å². The van der Waals surface area contributed by atoms with Gasteiger partial charge in [-0.05, 0) is 75.8 Å². The molecule has 1 aromatic heterocycles. The number of carbonyl (C=O) groups is 1. The second kappa shape index (κ2) is 9.08. The molecular weight excluding hydrogens is 442 g/mol. The molecule has 5 nitrogen and oxygen atoms in total. The fraction of sp³-hybridized carbons (Fsp3) is 0.320. The van der Waals surface area contributed by atoms with Gasteiger partial charge in [0, 0.05) is 4.88 Å². The van der Waals surface area contributed by atoms with Crippen LogP contribution in [0.3, 0.4) is 0 Å². The molecule has 1 N–H and O–H groups in total. The maximum Gasteiger partial charge on any atom is 0.262 e. The average molecular weight is 470 g/mol. The lowest BCUT2D eigenvalue weighted by Gasteiger charge is -2.14. The Morgan fingerprint density at radius 3 is 2.41 bits per heavy atom. The van der Waals surface area contributed by atoms with Gasteiger partial charge in [0.1, 0.15) is 15.6 Å². The zero-order valence-electron chi connectivity index (χ0n) is 18.5. The lowest BCUT2D eigenvalue weighted by Crippen LogP contribution is -2.21. The van der Waals surface area contributed by atoms with E-state index in [1.807, 2.05) is 39.0 Å². The van der Waals surface area contributed by atoms with Crippen molar-refractivity contribution in [2.75, 3.05) is 11.9 Å². The van der Waals surface area contributed by atoms with E-state index in [4.69, 9.17) is 4.74 Å². The number of carbonyl (C=O) groups excluding carboxylic acids is 1. The van der Waals surface area contributed by atoms with E-state index >= 15 is 0 Å². The van der Waals surface area contributed by atoms with Crippen molar-refractivity contribution >= 4 is 32.1 Å². The molecule has 2 aromatic carbocycles. The molecule has 168 valence electrons. The van der Waals surface area contributed by atoms with E-state index in [1.54, 1.807) is 24.3 Å². The number of benzene rings is 2. The van der Waals surface area contributed by atoms with Crippen LogP contribution in [0.1, 0.15) is 40.0 Å². The highest BCUT2D eigenvalue weighted by Crippen LogP contribution is 2.43. The van der Waals surface area contributed by atoms with Crippen LogP contribution in [-0.2, 0) is 27.5 Å². The Morgan fingerprint density at radius 2 is 1.69 bits per heavy atom. The number of thiophene rings is 1. The Balaban J connectivity index is 1.62. The molecule has 1 amide bonds. The van der Waals surface area contributed by atoms with Gasteiger partial charge in [0.05, 0.1) is 4.90 Å². The van der Waals surface area contributed by atoms with Gasteiger partial charge in [0.15, 0.2) is 6.61 Å². The smallest absolute Gasteiger partial charge is 0.262 e. The Hall–Kier alpha value is -2.64. The van der Waals surface area contributed by atoms with Crippen molar-refractivity contribution in [3.8, 4) is 5.75 Å². The molecular formula is C25H27NO4S2. The number of aryl methyl sites for hydroxylation is 4. The van der Waals surface area contributed by atoms with E-state index in [2.05, 4.69) is 5.32 Å². The summed E-state index contributed by atoms with van der Waals surface area (Å²) in [7, 11) is -3.75. The molecule has 0 saturated carbocycles. The summed E-state index contributed by atoms with van der Waals surface area (Å²) < 4.78 is 32.8. The summed E-state index contributed by atoms with van der Waals surface area (Å²) in [4.78, 5) is 14.3. The van der Waals surface area contributed by atoms with Crippen molar-refractivity contribution < 1.29 is 17.9 Å². The normalized spacial score (nSPS) is 13.5. The van der Waals surface area contributed by atoms with Crippen LogP contribution in [0.15, 0.2) is 52.3 Å². The second-order valence-corrected chi connectivity index (χ2v) is 11.3. The molecule has 1 aliphatic carbocycles. The van der Waals surface area contributed by atoms with Crippen LogP contribution in [0.4, 0.5) is 5.00 Å². The highest BCUT2D eigenvalue weighted by atomic mass is 32.2. The molecule has 0 radical (unpaired) electrons. The molecule has 1 aliphatic rings. The maximum absolute atomic E-state index is 13.6. The lowest BCUT2D eigenvalue weighted by molar-refractivity contribution is -0.118. The van der Waals surface area contributed by atoms with Gasteiger partial charge in [0.25, 0.3) is 5.91 Å². The first-order valence-corrected chi connectivity index (χ1v) is 13.0. The van der Waals surface area contributed by atoms with Crippen LogP contribution in [0.25, 0.3) is 0 Å². The highest BCUT2D eigenvalue weighted by molar-refractivity contribution is 7.92. The largest absolute Gasteiger partial charge is 0.483 e. The third kappa shape index (κ3) is 4.59. The number of rotatable bonds is 6. The standard InChI is InChI=1S/C25H27NO4S2/c1-16-8-11-19(12-9-16)32(28,29)24-20-6-4-5-7-22(20)31-25(24)26-23(27)15-30-21-13-10-17(2)14-18(21)3/h8-14H,4-7,15H2,1-3H3,(H,26,27). The van der Waals surface area contributed by atoms with Crippen molar-refractivity contribution in [1.82, 2.24) is 0 Å². The van der Waals surface area contributed by atoms with E-state index < -0.39 is 9.84 Å². The fourth-order valence-electron chi connectivity index (χ4n) is 4.01. The summed E-state index contributed by atoms with van der Waals surface area (Å²) in [6.07, 6.45) is 3.52. The number of ether oxygens (including phenoxy) is 1. The minimum atomic E-state index is -3.75. The van der Waals surface area contributed by atoms with Gasteiger partial charge in [-0.1, -0.05) is 35.4 Å². The monoisotopic (exact) mass is 469 g/mol. The number of hydrogen-bond acceptors (Lipinski definition) is 5. The minimum absolute atomic E-state index is 0.184. The lowest BCUT2D eigenvalue weighted by atomic mass is 9.99. The molecule has 1 heterocycles. The molecule has 7 heteroatoms. The van der Waals surface area contributed by atoms with Crippen LogP contribution in [0.5, 0.6) is 5.75 Å². The summed E-state index contributed by atoms with van der Waals surface area (Å²) in [6, 6.07) is 12.6. The number of amides is 1. The van der Waals surface area contributed by atoms with Crippen molar-refractivity contribution in [2.24, 2.45) is 0 Å². The predicted molar refractivity (Wildman–Crippen MR) is 128 cm³/mol. The van der Waals surface area contributed by atoms with Gasteiger partial charge in [0.2, 0.25) is 9.84 Å². The van der Waals surface area contributed by atoms with Crippen molar-refractivity contribution in [3.05, 3.63) is 69.6 Å². The number of fused-ring (bicyclic) bond motifs is 1. The number of sulfone groups is 1. The molecule has 4 rings (SSSR count). The summed E-state index contributed by atoms with van der Waals surface area (Å²) in [6.45, 7) is 5.67. The van der Waals surface area contributed by atoms with Gasteiger partial charge >= 0.3 is 0 Å². The SMILES string of the molecule is Cc1ccc(S(=O)(=O)c2c(NC(=O)COc3ccc(C)cc3C)sc3c2CCCC3)cc1. The Labute approximate surface area is 193 Å². The van der Waals surface area contributed by atoms with Crippen LogP contribution in [0, 0.1) is 20.8 Å². The van der Waals surface area contributed by atoms with E-state index in [9.17, 15) is 13.2 Å².